The highest BCUT2D eigenvalue weighted by molar-refractivity contribution is 6.15. The van der Waals surface area contributed by atoms with Crippen LogP contribution in [0.1, 0.15) is 17.3 Å². The fourth-order valence-electron chi connectivity index (χ4n) is 2.08. The number of carbonyl (C=O) groups excluding carboxylic acids is 1. The lowest BCUT2D eigenvalue weighted by molar-refractivity contribution is 0.101. The Kier molecular flexibility index (Phi) is 2.11. The summed E-state index contributed by atoms with van der Waals surface area (Å²) in [6.45, 7) is 1.57. The summed E-state index contributed by atoms with van der Waals surface area (Å²) in [6, 6.07) is 13.3. The van der Waals surface area contributed by atoms with Crippen molar-refractivity contribution in [2.45, 2.75) is 6.92 Å². The van der Waals surface area contributed by atoms with Crippen LogP contribution in [0.2, 0.25) is 0 Å². The summed E-state index contributed by atoms with van der Waals surface area (Å²) in [4.78, 5) is 11.7. The van der Waals surface area contributed by atoms with E-state index in [1.54, 1.807) is 6.92 Å². The van der Waals surface area contributed by atoms with Crippen LogP contribution in [0.25, 0.3) is 21.8 Å². The van der Waals surface area contributed by atoms with Gasteiger partial charge in [0.1, 0.15) is 0 Å². The molecule has 0 spiro atoms. The fraction of sp³-hybridized carbons (Fsp3) is 0.0714. The van der Waals surface area contributed by atoms with Gasteiger partial charge in [0.25, 0.3) is 0 Å². The van der Waals surface area contributed by atoms with Crippen LogP contribution in [0.5, 0.6) is 0 Å². The number of hydrogen-bond acceptors (Lipinski definition) is 3. The van der Waals surface area contributed by atoms with Gasteiger partial charge in [0.05, 0.1) is 11.0 Å². The van der Waals surface area contributed by atoms with Gasteiger partial charge in [-0.2, -0.15) is 0 Å². The first-order valence-corrected chi connectivity index (χ1v) is 5.42. The van der Waals surface area contributed by atoms with Crippen molar-refractivity contribution in [2.24, 2.45) is 0 Å². The number of fused-ring (bicyclic) bond motifs is 3. The second-order valence-corrected chi connectivity index (χ2v) is 3.97. The van der Waals surface area contributed by atoms with E-state index in [2.05, 4.69) is 10.2 Å². The van der Waals surface area contributed by atoms with Crippen molar-refractivity contribution >= 4 is 27.6 Å². The molecule has 0 amide bonds. The number of hydrogen-bond donors (Lipinski definition) is 0. The quantitative estimate of drug-likeness (QED) is 0.469. The maximum absolute atomic E-state index is 11.7. The van der Waals surface area contributed by atoms with E-state index in [-0.39, 0.29) is 5.78 Å². The summed E-state index contributed by atoms with van der Waals surface area (Å²) in [5.74, 6) is 0.0498. The summed E-state index contributed by atoms with van der Waals surface area (Å²) in [5.41, 5.74) is 2.28. The standard InChI is InChI=1S/C14H10N2O/c1-9(17)10-6-4-8-13-14(10)11-5-2-3-7-12(11)15-16-13/h2-8H,1H3. The van der Waals surface area contributed by atoms with E-state index in [0.717, 1.165) is 21.8 Å². The molecule has 0 atom stereocenters. The Morgan fingerprint density at radius 2 is 1.65 bits per heavy atom. The molecule has 82 valence electrons. The summed E-state index contributed by atoms with van der Waals surface area (Å²) >= 11 is 0. The second kappa shape index (κ2) is 3.63. The van der Waals surface area contributed by atoms with E-state index in [1.165, 1.54) is 0 Å². The van der Waals surface area contributed by atoms with Gasteiger partial charge >= 0.3 is 0 Å². The lowest BCUT2D eigenvalue weighted by Crippen LogP contribution is -1.96. The average molecular weight is 222 g/mol. The molecule has 0 aliphatic heterocycles. The molecule has 1 aromatic heterocycles. The van der Waals surface area contributed by atoms with Crippen LogP contribution in [0.3, 0.4) is 0 Å². The Hall–Kier alpha value is -2.29. The van der Waals surface area contributed by atoms with Crippen LogP contribution < -0.4 is 0 Å². The lowest BCUT2D eigenvalue weighted by Gasteiger charge is -2.05. The maximum Gasteiger partial charge on any atom is 0.160 e. The van der Waals surface area contributed by atoms with Crippen molar-refractivity contribution < 1.29 is 4.79 Å². The molecule has 0 fully saturated rings. The number of nitrogens with zero attached hydrogens (tertiary/aromatic N) is 2. The molecule has 0 saturated carbocycles. The van der Waals surface area contributed by atoms with E-state index in [0.29, 0.717) is 5.56 Å². The molecule has 0 radical (unpaired) electrons. The minimum Gasteiger partial charge on any atom is -0.294 e. The van der Waals surface area contributed by atoms with E-state index in [9.17, 15) is 4.79 Å². The van der Waals surface area contributed by atoms with Crippen molar-refractivity contribution in [1.29, 1.82) is 0 Å². The van der Waals surface area contributed by atoms with Crippen molar-refractivity contribution in [3.05, 3.63) is 48.0 Å². The van der Waals surface area contributed by atoms with Crippen molar-refractivity contribution in [3.8, 4) is 0 Å². The highest BCUT2D eigenvalue weighted by atomic mass is 16.1. The minimum absolute atomic E-state index is 0.0498. The van der Waals surface area contributed by atoms with Gasteiger partial charge in [0.2, 0.25) is 0 Å². The molecule has 1 heterocycles. The normalized spacial score (nSPS) is 10.9. The second-order valence-electron chi connectivity index (χ2n) is 3.97. The minimum atomic E-state index is 0.0498. The first-order valence-electron chi connectivity index (χ1n) is 5.42. The fourth-order valence-corrected chi connectivity index (χ4v) is 2.08. The molecule has 0 saturated heterocycles. The van der Waals surface area contributed by atoms with Crippen molar-refractivity contribution in [3.63, 3.8) is 0 Å². The monoisotopic (exact) mass is 222 g/mol. The molecule has 0 bridgehead atoms. The first-order chi connectivity index (χ1) is 8.27. The van der Waals surface area contributed by atoms with Gasteiger partial charge in [-0.25, -0.2) is 0 Å². The summed E-state index contributed by atoms with van der Waals surface area (Å²) < 4.78 is 0. The number of carbonyl (C=O) groups is 1. The zero-order valence-corrected chi connectivity index (χ0v) is 9.34. The number of benzene rings is 2. The van der Waals surface area contributed by atoms with Gasteiger partial charge in [0, 0.05) is 16.3 Å². The SMILES string of the molecule is CC(=O)c1cccc2nnc3ccccc3c12. The average Bonchev–Trinajstić information content (AvgIpc) is 2.37. The summed E-state index contributed by atoms with van der Waals surface area (Å²) in [6.07, 6.45) is 0. The Labute approximate surface area is 98.1 Å². The highest BCUT2D eigenvalue weighted by Crippen LogP contribution is 2.25. The Morgan fingerprint density at radius 1 is 0.941 bits per heavy atom. The van der Waals surface area contributed by atoms with Crippen LogP contribution in [-0.2, 0) is 0 Å². The number of Topliss-reactive ketones (excluding diaryl/α,β-unsaturated/α-hetero) is 1. The van der Waals surface area contributed by atoms with E-state index in [1.807, 2.05) is 42.5 Å². The third-order valence-electron chi connectivity index (χ3n) is 2.86. The molecule has 2 aromatic carbocycles. The Balaban J connectivity index is 2.59. The largest absolute Gasteiger partial charge is 0.294 e. The molecule has 17 heavy (non-hydrogen) atoms. The number of ketones is 1. The van der Waals surface area contributed by atoms with Crippen molar-refractivity contribution in [1.82, 2.24) is 10.2 Å². The molecule has 3 heteroatoms. The van der Waals surface area contributed by atoms with Crippen LogP contribution in [0.15, 0.2) is 42.5 Å². The number of aromatic nitrogens is 2. The van der Waals surface area contributed by atoms with Gasteiger partial charge in [-0.15, -0.1) is 10.2 Å². The topological polar surface area (TPSA) is 42.9 Å². The van der Waals surface area contributed by atoms with Crippen LogP contribution in [-0.4, -0.2) is 16.0 Å². The zero-order valence-electron chi connectivity index (χ0n) is 9.34. The molecule has 3 nitrogen and oxygen atoms in total. The van der Waals surface area contributed by atoms with E-state index >= 15 is 0 Å². The van der Waals surface area contributed by atoms with Gasteiger partial charge < -0.3 is 0 Å². The van der Waals surface area contributed by atoms with Crippen LogP contribution in [0, 0.1) is 0 Å². The Bertz CT molecular complexity index is 734. The first kappa shape index (κ1) is 9.90. The predicted molar refractivity (Wildman–Crippen MR) is 67.0 cm³/mol. The third kappa shape index (κ3) is 1.47. The van der Waals surface area contributed by atoms with Crippen LogP contribution in [0.4, 0.5) is 0 Å². The third-order valence-corrected chi connectivity index (χ3v) is 2.86. The molecule has 0 aliphatic rings. The van der Waals surface area contributed by atoms with E-state index < -0.39 is 0 Å². The van der Waals surface area contributed by atoms with Gasteiger partial charge in [-0.3, -0.25) is 4.79 Å². The Morgan fingerprint density at radius 3 is 2.47 bits per heavy atom. The number of rotatable bonds is 1. The lowest BCUT2D eigenvalue weighted by atomic mass is 10.0. The van der Waals surface area contributed by atoms with Gasteiger partial charge in [-0.1, -0.05) is 30.3 Å². The molecule has 0 N–H and O–H groups in total. The zero-order chi connectivity index (χ0) is 11.8. The smallest absolute Gasteiger partial charge is 0.160 e. The predicted octanol–water partition coefficient (Wildman–Crippen LogP) is 2.99. The molecule has 3 aromatic rings. The molecular formula is C14H10N2O. The van der Waals surface area contributed by atoms with E-state index in [4.69, 9.17) is 0 Å². The van der Waals surface area contributed by atoms with Crippen LogP contribution >= 0.6 is 0 Å². The van der Waals surface area contributed by atoms with Crippen molar-refractivity contribution in [2.75, 3.05) is 0 Å². The molecule has 3 rings (SSSR count). The molecular weight excluding hydrogens is 212 g/mol. The summed E-state index contributed by atoms with van der Waals surface area (Å²) in [5, 5.41) is 10.2. The molecule has 0 aliphatic carbocycles. The molecule has 0 unspecified atom stereocenters. The summed E-state index contributed by atoms with van der Waals surface area (Å²) in [7, 11) is 0. The maximum atomic E-state index is 11.7. The van der Waals surface area contributed by atoms with Gasteiger partial charge in [-0.05, 0) is 19.1 Å². The highest BCUT2D eigenvalue weighted by Gasteiger charge is 2.10. The van der Waals surface area contributed by atoms with Gasteiger partial charge in [0.15, 0.2) is 5.78 Å².